The Hall–Kier alpha value is -2.80. The molecular weight excluding hydrogens is 354 g/mol. The molecule has 1 fully saturated rings. The monoisotopic (exact) mass is 371 g/mol. The van der Waals surface area contributed by atoms with Gasteiger partial charge in [-0.15, -0.1) is 11.3 Å². The van der Waals surface area contributed by atoms with Gasteiger partial charge in [0.15, 0.2) is 6.61 Å². The van der Waals surface area contributed by atoms with Crippen LogP contribution in [0.25, 0.3) is 0 Å². The summed E-state index contributed by atoms with van der Waals surface area (Å²) in [6.45, 7) is 3.40. The first kappa shape index (κ1) is 18.0. The minimum absolute atomic E-state index is 0.168. The number of amides is 2. The van der Waals surface area contributed by atoms with Crippen LogP contribution in [0.4, 0.5) is 5.69 Å². The van der Waals surface area contributed by atoms with Crippen molar-refractivity contribution in [2.24, 2.45) is 0 Å². The van der Waals surface area contributed by atoms with Crippen LogP contribution in [0.15, 0.2) is 30.3 Å². The number of hydrogen-bond donors (Lipinski definition) is 0. The van der Waals surface area contributed by atoms with Crippen molar-refractivity contribution in [1.29, 1.82) is 0 Å². The van der Waals surface area contributed by atoms with E-state index in [0.29, 0.717) is 11.3 Å². The van der Waals surface area contributed by atoms with E-state index >= 15 is 0 Å². The fourth-order valence-corrected chi connectivity index (χ4v) is 3.78. The Morgan fingerprint density at radius 3 is 2.42 bits per heavy atom. The highest BCUT2D eigenvalue weighted by Gasteiger charge is 2.30. The fraction of sp³-hybridized carbons (Fsp3) is 0.263. The van der Waals surface area contributed by atoms with Crippen LogP contribution in [0.3, 0.4) is 0 Å². The number of ketones is 1. The summed E-state index contributed by atoms with van der Waals surface area (Å²) in [7, 11) is 0. The predicted molar refractivity (Wildman–Crippen MR) is 96.6 cm³/mol. The van der Waals surface area contributed by atoms with Crippen LogP contribution < -0.4 is 4.90 Å². The molecule has 7 heteroatoms. The molecule has 2 aromatic rings. The lowest BCUT2D eigenvalue weighted by atomic mass is 10.1. The Morgan fingerprint density at radius 1 is 1.12 bits per heavy atom. The summed E-state index contributed by atoms with van der Waals surface area (Å²) in [5.41, 5.74) is 1.07. The Labute approximate surface area is 154 Å². The summed E-state index contributed by atoms with van der Waals surface area (Å²) in [5.74, 6) is -1.52. The first-order valence-corrected chi connectivity index (χ1v) is 8.91. The average Bonchev–Trinajstić information content (AvgIpc) is 3.13. The fourth-order valence-electron chi connectivity index (χ4n) is 2.84. The molecular formula is C19H17NO5S. The molecule has 0 spiro atoms. The largest absolute Gasteiger partial charge is 0.454 e. The molecule has 0 aliphatic carbocycles. The van der Waals surface area contributed by atoms with Gasteiger partial charge in [0.1, 0.15) is 0 Å². The van der Waals surface area contributed by atoms with Gasteiger partial charge in [-0.2, -0.15) is 0 Å². The molecule has 1 aromatic heterocycles. The van der Waals surface area contributed by atoms with E-state index in [2.05, 4.69) is 0 Å². The van der Waals surface area contributed by atoms with Crippen LogP contribution in [-0.4, -0.2) is 30.2 Å². The van der Waals surface area contributed by atoms with E-state index in [0.717, 1.165) is 14.7 Å². The molecule has 1 saturated heterocycles. The van der Waals surface area contributed by atoms with E-state index in [1.165, 1.54) is 23.5 Å². The molecule has 1 aliphatic rings. The maximum Gasteiger partial charge on any atom is 0.338 e. The molecule has 3 rings (SSSR count). The number of aryl methyl sites for hydroxylation is 2. The molecule has 6 nitrogen and oxygen atoms in total. The number of imide groups is 1. The molecule has 26 heavy (non-hydrogen) atoms. The van der Waals surface area contributed by atoms with Gasteiger partial charge in [0, 0.05) is 28.2 Å². The first-order valence-electron chi connectivity index (χ1n) is 8.10. The second-order valence-electron chi connectivity index (χ2n) is 6.00. The Morgan fingerprint density at radius 2 is 1.81 bits per heavy atom. The minimum Gasteiger partial charge on any atom is -0.454 e. The van der Waals surface area contributed by atoms with Gasteiger partial charge in [-0.3, -0.25) is 19.3 Å². The summed E-state index contributed by atoms with van der Waals surface area (Å²) in [6, 6.07) is 7.87. The maximum absolute atomic E-state index is 12.2. The zero-order valence-corrected chi connectivity index (χ0v) is 15.2. The van der Waals surface area contributed by atoms with Crippen LogP contribution in [0, 0.1) is 13.8 Å². The second kappa shape index (κ2) is 7.21. The molecule has 1 aliphatic heterocycles. The summed E-state index contributed by atoms with van der Waals surface area (Å²) in [5, 5.41) is 0. The Balaban J connectivity index is 1.69. The van der Waals surface area contributed by atoms with Gasteiger partial charge in [-0.05, 0) is 38.1 Å². The summed E-state index contributed by atoms with van der Waals surface area (Å²) < 4.78 is 5.11. The third-order valence-electron chi connectivity index (χ3n) is 4.07. The number of benzene rings is 1. The molecule has 1 aromatic carbocycles. The SMILES string of the molecule is Cc1cc(C(=O)COC(=O)c2cccc(N3C(=O)CCC3=O)c2)c(C)s1. The van der Waals surface area contributed by atoms with Gasteiger partial charge in [0.05, 0.1) is 11.3 Å². The van der Waals surface area contributed by atoms with Gasteiger partial charge in [-0.25, -0.2) is 4.79 Å². The van der Waals surface area contributed by atoms with Crippen molar-refractivity contribution in [1.82, 2.24) is 0 Å². The zero-order valence-electron chi connectivity index (χ0n) is 14.4. The van der Waals surface area contributed by atoms with Crippen molar-refractivity contribution in [2.45, 2.75) is 26.7 Å². The standard InChI is InChI=1S/C19H17NO5S/c1-11-8-15(12(2)26-11)16(21)10-25-19(24)13-4-3-5-14(9-13)20-17(22)6-7-18(20)23/h3-5,8-9H,6-7,10H2,1-2H3. The molecule has 0 saturated carbocycles. The minimum atomic E-state index is -0.677. The highest BCUT2D eigenvalue weighted by molar-refractivity contribution is 7.12. The van der Waals surface area contributed by atoms with E-state index < -0.39 is 5.97 Å². The van der Waals surface area contributed by atoms with E-state index in [9.17, 15) is 19.2 Å². The van der Waals surface area contributed by atoms with Gasteiger partial charge < -0.3 is 4.74 Å². The topological polar surface area (TPSA) is 80.8 Å². The highest BCUT2D eigenvalue weighted by Crippen LogP contribution is 2.24. The summed E-state index contributed by atoms with van der Waals surface area (Å²) in [6.07, 6.45) is 0.336. The molecule has 0 bridgehead atoms. The third-order valence-corrected chi connectivity index (χ3v) is 5.03. The lowest BCUT2D eigenvalue weighted by molar-refractivity contribution is -0.121. The number of anilines is 1. The van der Waals surface area contributed by atoms with E-state index in [1.807, 2.05) is 13.8 Å². The summed E-state index contributed by atoms with van der Waals surface area (Å²) in [4.78, 5) is 51.1. The van der Waals surface area contributed by atoms with Gasteiger partial charge >= 0.3 is 5.97 Å². The van der Waals surface area contributed by atoms with E-state index in [4.69, 9.17) is 4.74 Å². The van der Waals surface area contributed by atoms with Gasteiger partial charge in [-0.1, -0.05) is 6.07 Å². The Kier molecular flexibility index (Phi) is 4.99. The molecule has 2 heterocycles. The van der Waals surface area contributed by atoms with Gasteiger partial charge in [0.25, 0.3) is 0 Å². The first-order chi connectivity index (χ1) is 12.4. The lowest BCUT2D eigenvalue weighted by Crippen LogP contribution is -2.28. The molecule has 0 N–H and O–H groups in total. The number of carbonyl (C=O) groups is 4. The van der Waals surface area contributed by atoms with Gasteiger partial charge in [0.2, 0.25) is 17.6 Å². The van der Waals surface area contributed by atoms with E-state index in [-0.39, 0.29) is 42.6 Å². The van der Waals surface area contributed by atoms with Crippen molar-refractivity contribution in [3.63, 3.8) is 0 Å². The third kappa shape index (κ3) is 3.57. The number of thiophene rings is 1. The summed E-state index contributed by atoms with van der Waals surface area (Å²) >= 11 is 1.51. The van der Waals surface area contributed by atoms with Crippen LogP contribution in [0.5, 0.6) is 0 Å². The van der Waals surface area contributed by atoms with Crippen LogP contribution in [-0.2, 0) is 14.3 Å². The number of rotatable bonds is 5. The number of carbonyl (C=O) groups excluding carboxylic acids is 4. The van der Waals surface area contributed by atoms with Crippen molar-refractivity contribution in [3.05, 3.63) is 51.2 Å². The van der Waals surface area contributed by atoms with Crippen molar-refractivity contribution in [3.8, 4) is 0 Å². The maximum atomic E-state index is 12.2. The van der Waals surface area contributed by atoms with Crippen LogP contribution in [0.2, 0.25) is 0 Å². The zero-order chi connectivity index (χ0) is 18.8. The second-order valence-corrected chi connectivity index (χ2v) is 7.46. The average molecular weight is 371 g/mol. The number of esters is 1. The van der Waals surface area contributed by atoms with Crippen LogP contribution in [0.1, 0.15) is 43.3 Å². The smallest absolute Gasteiger partial charge is 0.338 e. The van der Waals surface area contributed by atoms with Crippen molar-refractivity contribution >= 4 is 40.6 Å². The highest BCUT2D eigenvalue weighted by atomic mass is 32.1. The molecule has 0 radical (unpaired) electrons. The van der Waals surface area contributed by atoms with Crippen molar-refractivity contribution < 1.29 is 23.9 Å². The molecule has 134 valence electrons. The number of hydrogen-bond acceptors (Lipinski definition) is 6. The van der Waals surface area contributed by atoms with Crippen LogP contribution >= 0.6 is 11.3 Å². The molecule has 0 atom stereocenters. The normalized spacial score (nSPS) is 14.0. The van der Waals surface area contributed by atoms with Crippen molar-refractivity contribution in [2.75, 3.05) is 11.5 Å². The number of nitrogens with zero attached hydrogens (tertiary/aromatic N) is 1. The van der Waals surface area contributed by atoms with E-state index in [1.54, 1.807) is 18.2 Å². The predicted octanol–water partition coefficient (Wildman–Crippen LogP) is 3.06. The number of Topliss-reactive ketones (excluding diaryl/α,β-unsaturated/α-hetero) is 1. The molecule has 2 amide bonds. The lowest BCUT2D eigenvalue weighted by Gasteiger charge is -2.14. The Bertz CT molecular complexity index is 898. The quantitative estimate of drug-likeness (QED) is 0.458. The molecule has 0 unspecified atom stereocenters. The number of ether oxygens (including phenoxy) is 1.